The van der Waals surface area contributed by atoms with Gasteiger partial charge in [0, 0.05) is 22.8 Å². The summed E-state index contributed by atoms with van der Waals surface area (Å²) >= 11 is 3.45. The Morgan fingerprint density at radius 2 is 1.84 bits per heavy atom. The molecule has 0 heterocycles. The molecule has 0 bridgehead atoms. The van der Waals surface area contributed by atoms with Gasteiger partial charge in [0.15, 0.2) is 0 Å². The minimum absolute atomic E-state index is 0.0959. The molecule has 2 aromatic rings. The van der Waals surface area contributed by atoms with Crippen LogP contribution in [0, 0.1) is 6.92 Å². The molecule has 100 valence electrons. The van der Waals surface area contributed by atoms with Crippen molar-refractivity contribution in [3.05, 3.63) is 58.1 Å². The lowest BCUT2D eigenvalue weighted by Gasteiger charge is -2.29. The van der Waals surface area contributed by atoms with E-state index in [0.29, 0.717) is 5.75 Å². The Kier molecular flexibility index (Phi) is 4.15. The molecule has 0 amide bonds. The molecule has 19 heavy (non-hydrogen) atoms. The average Bonchev–Trinajstić information content (AvgIpc) is 2.40. The second-order valence-electron chi connectivity index (χ2n) is 4.78. The number of phenols is 1. The number of phenolic OH excluding ortho intramolecular Hbond substituents is 1. The highest BCUT2D eigenvalue weighted by Crippen LogP contribution is 2.33. The fourth-order valence-electron chi connectivity index (χ4n) is 2.24. The van der Waals surface area contributed by atoms with Gasteiger partial charge < -0.3 is 10.0 Å². The van der Waals surface area contributed by atoms with Crippen molar-refractivity contribution in [1.29, 1.82) is 0 Å². The number of hydrogen-bond donors (Lipinski definition) is 1. The molecule has 0 fully saturated rings. The first-order chi connectivity index (χ1) is 9.00. The van der Waals surface area contributed by atoms with E-state index in [1.165, 1.54) is 11.3 Å². The maximum absolute atomic E-state index is 10.0. The van der Waals surface area contributed by atoms with Gasteiger partial charge in [0.2, 0.25) is 0 Å². The maximum atomic E-state index is 10.0. The molecule has 0 spiro atoms. The molecule has 2 rings (SSSR count). The molecular weight excluding hydrogens is 302 g/mol. The fraction of sp³-hybridized carbons (Fsp3) is 0.250. The van der Waals surface area contributed by atoms with Crippen LogP contribution >= 0.6 is 15.9 Å². The van der Waals surface area contributed by atoms with E-state index in [1.807, 2.05) is 31.3 Å². The van der Waals surface area contributed by atoms with Crippen LogP contribution in [0.1, 0.15) is 24.1 Å². The number of rotatable bonds is 3. The van der Waals surface area contributed by atoms with Crippen LogP contribution < -0.4 is 4.90 Å². The van der Waals surface area contributed by atoms with E-state index >= 15 is 0 Å². The van der Waals surface area contributed by atoms with E-state index in [9.17, 15) is 5.11 Å². The van der Waals surface area contributed by atoms with Crippen molar-refractivity contribution >= 4 is 21.6 Å². The van der Waals surface area contributed by atoms with Gasteiger partial charge >= 0.3 is 0 Å². The van der Waals surface area contributed by atoms with Crippen molar-refractivity contribution in [3.8, 4) is 5.75 Å². The van der Waals surface area contributed by atoms with Gasteiger partial charge in [-0.05, 0) is 43.7 Å². The summed E-state index contributed by atoms with van der Waals surface area (Å²) in [5.74, 6) is 0.330. The fourth-order valence-corrected chi connectivity index (χ4v) is 2.62. The van der Waals surface area contributed by atoms with Gasteiger partial charge in [-0.3, -0.25) is 0 Å². The molecule has 0 aliphatic heterocycles. The summed E-state index contributed by atoms with van der Waals surface area (Å²) in [7, 11) is 2.05. The van der Waals surface area contributed by atoms with Gasteiger partial charge in [-0.15, -0.1) is 0 Å². The lowest BCUT2D eigenvalue weighted by Crippen LogP contribution is -2.22. The largest absolute Gasteiger partial charge is 0.508 e. The van der Waals surface area contributed by atoms with Gasteiger partial charge in [0.1, 0.15) is 5.75 Å². The van der Waals surface area contributed by atoms with E-state index in [-0.39, 0.29) is 6.04 Å². The van der Waals surface area contributed by atoms with Crippen LogP contribution in [0.5, 0.6) is 5.75 Å². The maximum Gasteiger partial charge on any atom is 0.120 e. The van der Waals surface area contributed by atoms with Crippen LogP contribution in [-0.4, -0.2) is 12.2 Å². The Morgan fingerprint density at radius 1 is 1.16 bits per heavy atom. The van der Waals surface area contributed by atoms with Crippen LogP contribution in [0.3, 0.4) is 0 Å². The molecule has 0 radical (unpaired) electrons. The second-order valence-corrected chi connectivity index (χ2v) is 5.69. The number of aromatic hydroxyl groups is 1. The first kappa shape index (κ1) is 13.9. The second kappa shape index (κ2) is 5.66. The van der Waals surface area contributed by atoms with E-state index in [1.54, 1.807) is 6.07 Å². The summed E-state index contributed by atoms with van der Waals surface area (Å²) in [6.45, 7) is 4.19. The van der Waals surface area contributed by atoms with E-state index in [4.69, 9.17) is 0 Å². The van der Waals surface area contributed by atoms with Gasteiger partial charge in [0.25, 0.3) is 0 Å². The molecule has 0 aliphatic rings. The average molecular weight is 320 g/mol. The number of aryl methyl sites for hydroxylation is 1. The normalized spacial score (nSPS) is 12.2. The van der Waals surface area contributed by atoms with Crippen LogP contribution in [-0.2, 0) is 0 Å². The number of halogens is 1. The van der Waals surface area contributed by atoms with Gasteiger partial charge in [-0.2, -0.15) is 0 Å². The smallest absolute Gasteiger partial charge is 0.120 e. The zero-order chi connectivity index (χ0) is 14.0. The van der Waals surface area contributed by atoms with E-state index < -0.39 is 0 Å². The highest BCUT2D eigenvalue weighted by atomic mass is 79.9. The van der Waals surface area contributed by atoms with Crippen molar-refractivity contribution in [3.63, 3.8) is 0 Å². The molecule has 0 saturated heterocycles. The lowest BCUT2D eigenvalue weighted by atomic mass is 10.0. The summed E-state index contributed by atoms with van der Waals surface area (Å²) in [4.78, 5) is 2.18. The zero-order valence-corrected chi connectivity index (χ0v) is 13.0. The van der Waals surface area contributed by atoms with Crippen molar-refractivity contribution < 1.29 is 5.11 Å². The first-order valence-corrected chi connectivity index (χ1v) is 7.07. The molecule has 2 aromatic carbocycles. The minimum atomic E-state index is 0.0959. The molecule has 3 heteroatoms. The van der Waals surface area contributed by atoms with Crippen molar-refractivity contribution in [1.82, 2.24) is 0 Å². The number of anilines is 1. The van der Waals surface area contributed by atoms with Gasteiger partial charge in [-0.25, -0.2) is 0 Å². The number of benzene rings is 2. The third-order valence-corrected chi connectivity index (χ3v) is 4.01. The molecule has 0 aliphatic carbocycles. The third kappa shape index (κ3) is 2.92. The van der Waals surface area contributed by atoms with Gasteiger partial charge in [-0.1, -0.05) is 34.1 Å². The third-order valence-electron chi connectivity index (χ3n) is 3.52. The zero-order valence-electron chi connectivity index (χ0n) is 11.4. The molecule has 1 N–H and O–H groups in total. The predicted octanol–water partition coefficient (Wildman–Crippen LogP) is 4.66. The Hall–Kier alpha value is -1.48. The summed E-state index contributed by atoms with van der Waals surface area (Å²) in [6, 6.07) is 13.9. The topological polar surface area (TPSA) is 23.5 Å². The van der Waals surface area contributed by atoms with Crippen molar-refractivity contribution in [2.75, 3.05) is 11.9 Å². The molecular formula is C16H18BrNO. The van der Waals surface area contributed by atoms with Crippen LogP contribution in [0.25, 0.3) is 0 Å². The molecule has 0 saturated carbocycles. The predicted molar refractivity (Wildman–Crippen MR) is 83.8 cm³/mol. The van der Waals surface area contributed by atoms with Crippen molar-refractivity contribution in [2.45, 2.75) is 19.9 Å². The monoisotopic (exact) mass is 319 g/mol. The summed E-state index contributed by atoms with van der Waals surface area (Å²) in [5.41, 5.74) is 3.32. The molecule has 1 atom stereocenters. The SMILES string of the molecule is Cc1ccccc1N(C)C(C)c1cc(Br)ccc1O. The first-order valence-electron chi connectivity index (χ1n) is 6.27. The van der Waals surface area contributed by atoms with Crippen LogP contribution in [0.2, 0.25) is 0 Å². The van der Waals surface area contributed by atoms with E-state index in [2.05, 4.69) is 46.8 Å². The van der Waals surface area contributed by atoms with E-state index in [0.717, 1.165) is 10.0 Å². The molecule has 1 unspecified atom stereocenters. The highest BCUT2D eigenvalue weighted by molar-refractivity contribution is 9.10. The Morgan fingerprint density at radius 3 is 2.53 bits per heavy atom. The number of hydrogen-bond acceptors (Lipinski definition) is 2. The van der Waals surface area contributed by atoms with Crippen LogP contribution in [0.4, 0.5) is 5.69 Å². The molecule has 0 aromatic heterocycles. The quantitative estimate of drug-likeness (QED) is 0.889. The lowest BCUT2D eigenvalue weighted by molar-refractivity contribution is 0.462. The Bertz CT molecular complexity index is 583. The summed E-state index contributed by atoms with van der Waals surface area (Å²) in [5, 5.41) is 10.0. The summed E-state index contributed by atoms with van der Waals surface area (Å²) < 4.78 is 0.977. The molecule has 2 nitrogen and oxygen atoms in total. The van der Waals surface area contributed by atoms with Crippen molar-refractivity contribution in [2.24, 2.45) is 0 Å². The highest BCUT2D eigenvalue weighted by Gasteiger charge is 2.17. The Balaban J connectivity index is 2.36. The van der Waals surface area contributed by atoms with Gasteiger partial charge in [0.05, 0.1) is 6.04 Å². The number of nitrogens with zero attached hydrogens (tertiary/aromatic N) is 1. The standard InChI is InChI=1S/C16H18BrNO/c1-11-6-4-5-7-15(11)18(3)12(2)14-10-13(17)8-9-16(14)19/h4-10,12,19H,1-3H3. The van der Waals surface area contributed by atoms with Crippen LogP contribution in [0.15, 0.2) is 46.9 Å². The minimum Gasteiger partial charge on any atom is -0.508 e. The number of para-hydroxylation sites is 1. The summed E-state index contributed by atoms with van der Waals surface area (Å²) in [6.07, 6.45) is 0. The Labute approximate surface area is 122 Å².